The molecule has 0 saturated carbocycles. The van der Waals surface area contributed by atoms with Crippen LogP contribution in [0.5, 0.6) is 0 Å². The summed E-state index contributed by atoms with van der Waals surface area (Å²) in [5.41, 5.74) is 0.863. The maximum Gasteiger partial charge on any atom is 0.328 e. The molecule has 0 heterocycles. The number of hydrogen-bond acceptors (Lipinski definition) is 3. The summed E-state index contributed by atoms with van der Waals surface area (Å²) in [6, 6.07) is 6.44. The summed E-state index contributed by atoms with van der Waals surface area (Å²) in [6.07, 6.45) is 0.354. The summed E-state index contributed by atoms with van der Waals surface area (Å²) in [6.45, 7) is 1.36. The van der Waals surface area contributed by atoms with Crippen molar-refractivity contribution in [3.05, 3.63) is 34.9 Å². The molecule has 1 rings (SSSR count). The molecule has 4 nitrogen and oxygen atoms in total. The third-order valence-corrected chi connectivity index (χ3v) is 2.43. The topological polar surface area (TPSA) is 55.4 Å². The number of esters is 1. The van der Waals surface area contributed by atoms with Gasteiger partial charge >= 0.3 is 5.97 Å². The largest absolute Gasteiger partial charge is 0.467 e. The first-order valence-corrected chi connectivity index (χ1v) is 5.50. The van der Waals surface area contributed by atoms with Crippen LogP contribution in [0.15, 0.2) is 24.3 Å². The van der Waals surface area contributed by atoms with Gasteiger partial charge in [0.2, 0.25) is 5.91 Å². The molecular weight excluding hydrogens is 242 g/mol. The molecule has 0 aromatic heterocycles. The lowest BCUT2D eigenvalue weighted by atomic mass is 10.1. The number of nitrogens with one attached hydrogen (secondary N) is 1. The summed E-state index contributed by atoms with van der Waals surface area (Å²) in [5, 5.41) is 3.13. The van der Waals surface area contributed by atoms with Crippen LogP contribution < -0.4 is 5.32 Å². The first-order valence-electron chi connectivity index (χ1n) is 5.12. The smallest absolute Gasteiger partial charge is 0.328 e. The standard InChI is InChI=1S/C12H14ClNO3/c1-8(15)14-11(12(16)17-2)7-9-4-3-5-10(13)6-9/h3-6,11H,7H2,1-2H3,(H,14,15). The molecule has 0 saturated heterocycles. The molecule has 0 radical (unpaired) electrons. The van der Waals surface area contributed by atoms with Crippen LogP contribution in [0, 0.1) is 0 Å². The summed E-state index contributed by atoms with van der Waals surface area (Å²) < 4.78 is 4.63. The van der Waals surface area contributed by atoms with Crippen LogP contribution in [0.2, 0.25) is 5.02 Å². The molecule has 1 amide bonds. The van der Waals surface area contributed by atoms with Crippen molar-refractivity contribution in [2.24, 2.45) is 0 Å². The van der Waals surface area contributed by atoms with Crippen LogP contribution in [0.4, 0.5) is 0 Å². The average molecular weight is 256 g/mol. The minimum Gasteiger partial charge on any atom is -0.467 e. The van der Waals surface area contributed by atoms with Crippen LogP contribution in [0.3, 0.4) is 0 Å². The van der Waals surface area contributed by atoms with Crippen LogP contribution in [0.25, 0.3) is 0 Å². The van der Waals surface area contributed by atoms with E-state index in [1.807, 2.05) is 6.07 Å². The third-order valence-electron chi connectivity index (χ3n) is 2.19. The maximum absolute atomic E-state index is 11.5. The minimum absolute atomic E-state index is 0.276. The van der Waals surface area contributed by atoms with Crippen molar-refractivity contribution in [2.45, 2.75) is 19.4 Å². The Kier molecular flexibility index (Phi) is 4.97. The van der Waals surface area contributed by atoms with E-state index >= 15 is 0 Å². The fourth-order valence-corrected chi connectivity index (χ4v) is 1.69. The highest BCUT2D eigenvalue weighted by Crippen LogP contribution is 2.12. The van der Waals surface area contributed by atoms with Crippen molar-refractivity contribution in [1.82, 2.24) is 5.32 Å². The lowest BCUT2D eigenvalue weighted by molar-refractivity contribution is -0.144. The number of ether oxygens (including phenoxy) is 1. The first kappa shape index (κ1) is 13.5. The predicted octanol–water partition coefficient (Wildman–Crippen LogP) is 1.56. The van der Waals surface area contributed by atoms with Crippen molar-refractivity contribution >= 4 is 23.5 Å². The lowest BCUT2D eigenvalue weighted by Gasteiger charge is -2.15. The molecule has 0 aliphatic rings. The lowest BCUT2D eigenvalue weighted by Crippen LogP contribution is -2.41. The zero-order chi connectivity index (χ0) is 12.8. The van der Waals surface area contributed by atoms with E-state index in [4.69, 9.17) is 11.6 Å². The average Bonchev–Trinajstić information content (AvgIpc) is 2.26. The minimum atomic E-state index is -0.684. The van der Waals surface area contributed by atoms with Gasteiger partial charge in [-0.1, -0.05) is 23.7 Å². The monoisotopic (exact) mass is 255 g/mol. The van der Waals surface area contributed by atoms with Gasteiger partial charge in [-0.2, -0.15) is 0 Å². The molecule has 1 aromatic rings. The van der Waals surface area contributed by atoms with Gasteiger partial charge in [-0.05, 0) is 17.7 Å². The highest BCUT2D eigenvalue weighted by atomic mass is 35.5. The Balaban J connectivity index is 2.78. The molecule has 5 heteroatoms. The molecule has 17 heavy (non-hydrogen) atoms. The number of carbonyl (C=O) groups is 2. The zero-order valence-corrected chi connectivity index (χ0v) is 10.5. The quantitative estimate of drug-likeness (QED) is 0.831. The van der Waals surface area contributed by atoms with Gasteiger partial charge < -0.3 is 10.1 Å². The molecule has 1 N–H and O–H groups in total. The second-order valence-corrected chi connectivity index (χ2v) is 4.05. The number of benzene rings is 1. The van der Waals surface area contributed by atoms with Gasteiger partial charge in [-0.25, -0.2) is 4.79 Å². The van der Waals surface area contributed by atoms with Crippen molar-refractivity contribution in [3.63, 3.8) is 0 Å². The summed E-state index contributed by atoms with van der Waals surface area (Å²) in [4.78, 5) is 22.5. The van der Waals surface area contributed by atoms with Crippen LogP contribution in [-0.4, -0.2) is 25.0 Å². The zero-order valence-electron chi connectivity index (χ0n) is 9.70. The summed E-state index contributed by atoms with van der Waals surface area (Å²) >= 11 is 5.84. The van der Waals surface area contributed by atoms with Crippen molar-refractivity contribution in [1.29, 1.82) is 0 Å². The van der Waals surface area contributed by atoms with Crippen molar-refractivity contribution in [3.8, 4) is 0 Å². The van der Waals surface area contributed by atoms with Gasteiger partial charge in [0.05, 0.1) is 7.11 Å². The molecule has 0 bridgehead atoms. The Hall–Kier alpha value is -1.55. The molecule has 1 atom stereocenters. The summed E-state index contributed by atoms with van der Waals surface area (Å²) in [5.74, 6) is -0.748. The van der Waals surface area contributed by atoms with E-state index in [1.54, 1.807) is 18.2 Å². The molecule has 1 aromatic carbocycles. The van der Waals surface area contributed by atoms with E-state index in [1.165, 1.54) is 14.0 Å². The van der Waals surface area contributed by atoms with E-state index < -0.39 is 12.0 Å². The van der Waals surface area contributed by atoms with E-state index in [0.717, 1.165) is 5.56 Å². The van der Waals surface area contributed by atoms with Crippen molar-refractivity contribution in [2.75, 3.05) is 7.11 Å². The Labute approximate surface area is 105 Å². The number of halogens is 1. The Morgan fingerprint density at radius 3 is 2.71 bits per heavy atom. The second kappa shape index (κ2) is 6.25. The molecule has 0 aliphatic heterocycles. The highest BCUT2D eigenvalue weighted by Gasteiger charge is 2.20. The molecular formula is C12H14ClNO3. The maximum atomic E-state index is 11.5. The van der Waals surface area contributed by atoms with Gasteiger partial charge in [0.1, 0.15) is 6.04 Å². The molecule has 0 fully saturated rings. The van der Waals surface area contributed by atoms with Crippen LogP contribution in [-0.2, 0) is 20.7 Å². The normalized spacial score (nSPS) is 11.7. The Morgan fingerprint density at radius 1 is 1.47 bits per heavy atom. The molecule has 92 valence electrons. The van der Waals surface area contributed by atoms with E-state index in [-0.39, 0.29) is 5.91 Å². The van der Waals surface area contributed by atoms with E-state index in [0.29, 0.717) is 11.4 Å². The fraction of sp³-hybridized carbons (Fsp3) is 0.333. The SMILES string of the molecule is COC(=O)C(Cc1cccc(Cl)c1)NC(C)=O. The third kappa shape index (κ3) is 4.44. The highest BCUT2D eigenvalue weighted by molar-refractivity contribution is 6.30. The number of carbonyl (C=O) groups excluding carboxylic acids is 2. The van der Waals surface area contributed by atoms with Crippen LogP contribution in [0.1, 0.15) is 12.5 Å². The van der Waals surface area contributed by atoms with E-state index in [9.17, 15) is 9.59 Å². The van der Waals surface area contributed by atoms with Gasteiger partial charge in [0.25, 0.3) is 0 Å². The predicted molar refractivity (Wildman–Crippen MR) is 64.8 cm³/mol. The molecule has 0 spiro atoms. The number of methoxy groups -OCH3 is 1. The first-order chi connectivity index (χ1) is 8.02. The second-order valence-electron chi connectivity index (χ2n) is 3.61. The van der Waals surface area contributed by atoms with E-state index in [2.05, 4.69) is 10.1 Å². The van der Waals surface area contributed by atoms with Gasteiger partial charge in [-0.3, -0.25) is 4.79 Å². The Bertz CT molecular complexity index is 420. The van der Waals surface area contributed by atoms with Gasteiger partial charge in [0, 0.05) is 18.4 Å². The van der Waals surface area contributed by atoms with Gasteiger partial charge in [0.15, 0.2) is 0 Å². The molecule has 1 unspecified atom stereocenters. The number of hydrogen-bond donors (Lipinski definition) is 1. The fourth-order valence-electron chi connectivity index (χ4n) is 1.48. The summed E-state index contributed by atoms with van der Waals surface area (Å²) in [7, 11) is 1.29. The van der Waals surface area contributed by atoms with Crippen molar-refractivity contribution < 1.29 is 14.3 Å². The van der Waals surface area contributed by atoms with Crippen LogP contribution >= 0.6 is 11.6 Å². The number of rotatable bonds is 4. The number of amides is 1. The van der Waals surface area contributed by atoms with Gasteiger partial charge in [-0.15, -0.1) is 0 Å². The molecule has 0 aliphatic carbocycles. The Morgan fingerprint density at radius 2 is 2.18 bits per heavy atom.